The van der Waals surface area contributed by atoms with Gasteiger partial charge in [0.05, 0.1) is 12.7 Å². The van der Waals surface area contributed by atoms with Crippen LogP contribution in [0.3, 0.4) is 0 Å². The zero-order valence-corrected chi connectivity index (χ0v) is 15.5. The van der Waals surface area contributed by atoms with Gasteiger partial charge >= 0.3 is 0 Å². The Hall–Kier alpha value is -3.48. The molecule has 0 spiro atoms. The third-order valence-corrected chi connectivity index (χ3v) is 4.50. The van der Waals surface area contributed by atoms with E-state index < -0.39 is 0 Å². The Kier molecular flexibility index (Phi) is 4.19. The second-order valence-electron chi connectivity index (χ2n) is 6.61. The zero-order chi connectivity index (χ0) is 19.0. The molecule has 7 heteroatoms. The van der Waals surface area contributed by atoms with E-state index in [1.54, 1.807) is 15.3 Å². The molecule has 27 heavy (non-hydrogen) atoms. The molecule has 0 atom stereocenters. The molecule has 0 aliphatic rings. The van der Waals surface area contributed by atoms with Gasteiger partial charge in [0.1, 0.15) is 5.56 Å². The van der Waals surface area contributed by atoms with Crippen molar-refractivity contribution in [3.63, 3.8) is 0 Å². The maximum absolute atomic E-state index is 12.7. The van der Waals surface area contributed by atoms with Crippen LogP contribution in [-0.4, -0.2) is 30.3 Å². The minimum atomic E-state index is -0.274. The van der Waals surface area contributed by atoms with Crippen LogP contribution in [0.5, 0.6) is 0 Å². The fourth-order valence-corrected chi connectivity index (χ4v) is 3.09. The van der Waals surface area contributed by atoms with Crippen molar-refractivity contribution < 1.29 is 4.79 Å². The zero-order valence-electron chi connectivity index (χ0n) is 15.5. The molecule has 1 aromatic carbocycles. The summed E-state index contributed by atoms with van der Waals surface area (Å²) in [4.78, 5) is 17.1. The van der Waals surface area contributed by atoms with E-state index in [-0.39, 0.29) is 5.91 Å². The lowest BCUT2D eigenvalue weighted by atomic mass is 10.1. The number of carbonyl (C=O) groups excluding carboxylic acids is 1. The van der Waals surface area contributed by atoms with Crippen LogP contribution in [0.4, 0.5) is 5.82 Å². The van der Waals surface area contributed by atoms with Crippen molar-refractivity contribution in [2.24, 2.45) is 0 Å². The molecule has 4 rings (SSSR count). The van der Waals surface area contributed by atoms with E-state index in [0.717, 1.165) is 11.4 Å². The molecule has 0 aliphatic heterocycles. The second-order valence-corrected chi connectivity index (χ2v) is 6.61. The summed E-state index contributed by atoms with van der Waals surface area (Å²) in [6.07, 6.45) is 3.39. The van der Waals surface area contributed by atoms with Crippen LogP contribution in [0.15, 0.2) is 48.8 Å². The highest BCUT2D eigenvalue weighted by Crippen LogP contribution is 2.15. The van der Waals surface area contributed by atoms with Crippen molar-refractivity contribution in [3.05, 3.63) is 76.9 Å². The Balaban J connectivity index is 1.54. The molecule has 0 saturated heterocycles. The first kappa shape index (κ1) is 17.0. The van der Waals surface area contributed by atoms with E-state index in [1.807, 2.05) is 38.2 Å². The third kappa shape index (κ3) is 3.31. The van der Waals surface area contributed by atoms with Crippen LogP contribution in [0.2, 0.25) is 0 Å². The van der Waals surface area contributed by atoms with E-state index in [4.69, 9.17) is 0 Å². The van der Waals surface area contributed by atoms with Crippen molar-refractivity contribution in [1.29, 1.82) is 0 Å². The summed E-state index contributed by atoms with van der Waals surface area (Å²) in [6.45, 7) is 6.56. The van der Waals surface area contributed by atoms with E-state index in [2.05, 4.69) is 39.6 Å². The Morgan fingerprint density at radius 2 is 1.96 bits per heavy atom. The van der Waals surface area contributed by atoms with Gasteiger partial charge in [0.2, 0.25) is 0 Å². The molecular formula is C20H20N6O. The molecule has 3 heterocycles. The number of hydrogen-bond acceptors (Lipinski definition) is 4. The largest absolute Gasteiger partial charge is 0.305 e. The number of fused-ring (bicyclic) bond motifs is 1. The predicted molar refractivity (Wildman–Crippen MR) is 103 cm³/mol. The Bertz CT molecular complexity index is 1140. The monoisotopic (exact) mass is 360 g/mol. The fourth-order valence-electron chi connectivity index (χ4n) is 3.09. The summed E-state index contributed by atoms with van der Waals surface area (Å²) < 4.78 is 3.47. The lowest BCUT2D eigenvalue weighted by Gasteiger charge is -2.05. The molecule has 0 aliphatic carbocycles. The molecule has 3 aromatic heterocycles. The number of rotatable bonds is 4. The van der Waals surface area contributed by atoms with Gasteiger partial charge in [0.25, 0.3) is 5.91 Å². The van der Waals surface area contributed by atoms with Gasteiger partial charge in [-0.2, -0.15) is 10.2 Å². The normalized spacial score (nSPS) is 11.1. The summed E-state index contributed by atoms with van der Waals surface area (Å²) in [5.41, 5.74) is 5.15. The molecule has 0 unspecified atom stereocenters. The van der Waals surface area contributed by atoms with Crippen LogP contribution in [0, 0.1) is 20.8 Å². The lowest BCUT2D eigenvalue weighted by molar-refractivity contribution is 0.102. The van der Waals surface area contributed by atoms with Gasteiger partial charge in [-0.1, -0.05) is 24.3 Å². The molecular weight excluding hydrogens is 340 g/mol. The highest BCUT2D eigenvalue weighted by molar-refractivity contribution is 6.07. The van der Waals surface area contributed by atoms with Gasteiger partial charge < -0.3 is 5.32 Å². The number of amides is 1. The Labute approximate surface area is 156 Å². The van der Waals surface area contributed by atoms with Gasteiger partial charge in [-0.3, -0.25) is 9.48 Å². The van der Waals surface area contributed by atoms with Crippen LogP contribution in [0.1, 0.15) is 32.9 Å². The van der Waals surface area contributed by atoms with Crippen LogP contribution >= 0.6 is 0 Å². The number of nitrogens with one attached hydrogen (secondary N) is 1. The highest BCUT2D eigenvalue weighted by Gasteiger charge is 2.16. The van der Waals surface area contributed by atoms with Gasteiger partial charge in [0, 0.05) is 23.7 Å². The minimum absolute atomic E-state index is 0.274. The fraction of sp³-hybridized carbons (Fsp3) is 0.200. The molecule has 0 radical (unpaired) electrons. The number of benzene rings is 1. The van der Waals surface area contributed by atoms with E-state index >= 15 is 0 Å². The van der Waals surface area contributed by atoms with Gasteiger partial charge in [-0.25, -0.2) is 9.50 Å². The average molecular weight is 360 g/mol. The number of aromatic nitrogens is 5. The Morgan fingerprint density at radius 1 is 1.15 bits per heavy atom. The number of nitrogens with zero attached hydrogens (tertiary/aromatic N) is 5. The minimum Gasteiger partial charge on any atom is -0.305 e. The third-order valence-electron chi connectivity index (χ3n) is 4.50. The first-order valence-electron chi connectivity index (χ1n) is 8.72. The van der Waals surface area contributed by atoms with Crippen molar-refractivity contribution in [2.45, 2.75) is 27.3 Å². The predicted octanol–water partition coefficient (Wildman–Crippen LogP) is 3.15. The lowest BCUT2D eigenvalue weighted by Crippen LogP contribution is -2.13. The second kappa shape index (κ2) is 6.68. The maximum Gasteiger partial charge on any atom is 0.262 e. The molecule has 7 nitrogen and oxygen atoms in total. The summed E-state index contributed by atoms with van der Waals surface area (Å²) >= 11 is 0. The van der Waals surface area contributed by atoms with E-state index in [1.165, 1.54) is 17.3 Å². The summed E-state index contributed by atoms with van der Waals surface area (Å²) in [6, 6.07) is 11.9. The molecule has 1 N–H and O–H groups in total. The van der Waals surface area contributed by atoms with Gasteiger partial charge in [0.15, 0.2) is 11.5 Å². The number of hydrogen-bond donors (Lipinski definition) is 1. The molecule has 1 amide bonds. The molecule has 0 bridgehead atoms. The van der Waals surface area contributed by atoms with Crippen LogP contribution in [-0.2, 0) is 6.54 Å². The standard InChI is InChI=1S/C20H20N6O/c1-13-6-4-5-7-16(13)12-25-9-8-18(24-25)23-20(27)17-11-21-26-15(3)10-14(2)22-19(17)26/h4-11H,12H2,1-3H3,(H,23,24,27). The van der Waals surface area contributed by atoms with Gasteiger partial charge in [-0.15, -0.1) is 0 Å². The average Bonchev–Trinajstić information content (AvgIpc) is 3.24. The molecule has 0 fully saturated rings. The van der Waals surface area contributed by atoms with E-state index in [9.17, 15) is 4.79 Å². The quantitative estimate of drug-likeness (QED) is 0.606. The number of aryl methyl sites for hydroxylation is 3. The van der Waals surface area contributed by atoms with E-state index in [0.29, 0.717) is 23.6 Å². The summed E-state index contributed by atoms with van der Waals surface area (Å²) in [5.74, 6) is 0.223. The maximum atomic E-state index is 12.7. The Morgan fingerprint density at radius 3 is 2.78 bits per heavy atom. The first-order valence-corrected chi connectivity index (χ1v) is 8.72. The van der Waals surface area contributed by atoms with Crippen molar-refractivity contribution in [2.75, 3.05) is 5.32 Å². The SMILES string of the molecule is Cc1cc(C)n2ncc(C(=O)Nc3ccn(Cc4ccccc4C)n3)c2n1. The van der Waals surface area contributed by atoms with Crippen molar-refractivity contribution in [3.8, 4) is 0 Å². The summed E-state index contributed by atoms with van der Waals surface area (Å²) in [7, 11) is 0. The number of carbonyl (C=O) groups is 1. The highest BCUT2D eigenvalue weighted by atomic mass is 16.1. The first-order chi connectivity index (χ1) is 13.0. The molecule has 4 aromatic rings. The molecule has 0 saturated carbocycles. The smallest absolute Gasteiger partial charge is 0.262 e. The van der Waals surface area contributed by atoms with Gasteiger partial charge in [-0.05, 0) is 38.0 Å². The summed E-state index contributed by atoms with van der Waals surface area (Å²) in [5, 5.41) is 11.5. The topological polar surface area (TPSA) is 77.1 Å². The van der Waals surface area contributed by atoms with Crippen molar-refractivity contribution in [1.82, 2.24) is 24.4 Å². The number of anilines is 1. The van der Waals surface area contributed by atoms with Crippen LogP contribution in [0.25, 0.3) is 5.65 Å². The van der Waals surface area contributed by atoms with Crippen LogP contribution < -0.4 is 5.32 Å². The molecule has 136 valence electrons. The van der Waals surface area contributed by atoms with Crippen molar-refractivity contribution >= 4 is 17.4 Å².